The zero-order valence-corrected chi connectivity index (χ0v) is 16.1. The molecule has 7 heteroatoms. The van der Waals surface area contributed by atoms with Crippen LogP contribution in [0.1, 0.15) is 27.6 Å². The Morgan fingerprint density at radius 1 is 1.00 bits per heavy atom. The molecule has 138 valence electrons. The van der Waals surface area contributed by atoms with Gasteiger partial charge in [-0.15, -0.1) is 0 Å². The summed E-state index contributed by atoms with van der Waals surface area (Å²) in [7, 11) is 1.59. The lowest BCUT2D eigenvalue weighted by molar-refractivity contribution is 0.0520. The topological polar surface area (TPSA) is 71.1 Å². The lowest BCUT2D eigenvalue weighted by atomic mass is 10.2. The molecule has 0 unspecified atom stereocenters. The van der Waals surface area contributed by atoms with Gasteiger partial charge in [0.25, 0.3) is 0 Å². The minimum absolute atomic E-state index is 0.146. The zero-order valence-electron chi connectivity index (χ0n) is 14.5. The van der Waals surface area contributed by atoms with Crippen molar-refractivity contribution >= 4 is 27.9 Å². The van der Waals surface area contributed by atoms with Crippen molar-refractivity contribution in [2.75, 3.05) is 26.9 Å². The van der Waals surface area contributed by atoms with E-state index in [1.807, 2.05) is 0 Å². The smallest absolute Gasteiger partial charge is 0.343 e. The molecule has 0 aromatic heterocycles. The Labute approximate surface area is 160 Å². The maximum absolute atomic E-state index is 12.4. The van der Waals surface area contributed by atoms with Gasteiger partial charge in [0.1, 0.15) is 23.7 Å². The van der Waals surface area contributed by atoms with Crippen LogP contribution in [0.4, 0.5) is 0 Å². The largest absolute Gasteiger partial charge is 0.490 e. The van der Waals surface area contributed by atoms with Gasteiger partial charge in [-0.2, -0.15) is 0 Å². The van der Waals surface area contributed by atoms with Crippen LogP contribution in [-0.4, -0.2) is 38.9 Å². The van der Waals surface area contributed by atoms with Gasteiger partial charge >= 0.3 is 11.9 Å². The molecule has 0 saturated heterocycles. The summed E-state index contributed by atoms with van der Waals surface area (Å²) in [6.07, 6.45) is 0. The maximum atomic E-state index is 12.4. The van der Waals surface area contributed by atoms with Crippen molar-refractivity contribution < 1.29 is 28.5 Å². The number of benzene rings is 2. The van der Waals surface area contributed by atoms with E-state index in [-0.39, 0.29) is 17.9 Å². The van der Waals surface area contributed by atoms with Crippen molar-refractivity contribution in [2.24, 2.45) is 0 Å². The third kappa shape index (κ3) is 5.31. The normalized spacial score (nSPS) is 10.3. The molecule has 0 N–H and O–H groups in total. The third-order valence-electron chi connectivity index (χ3n) is 3.30. The first-order valence-corrected chi connectivity index (χ1v) is 8.75. The second kappa shape index (κ2) is 9.94. The van der Waals surface area contributed by atoms with E-state index in [1.54, 1.807) is 56.5 Å². The van der Waals surface area contributed by atoms with Gasteiger partial charge in [-0.25, -0.2) is 9.59 Å². The van der Waals surface area contributed by atoms with Gasteiger partial charge < -0.3 is 18.9 Å². The van der Waals surface area contributed by atoms with Gasteiger partial charge in [0.2, 0.25) is 0 Å². The van der Waals surface area contributed by atoms with Crippen molar-refractivity contribution in [2.45, 2.75) is 6.92 Å². The highest BCUT2D eigenvalue weighted by molar-refractivity contribution is 9.10. The molecule has 26 heavy (non-hydrogen) atoms. The molecule has 0 aliphatic carbocycles. The van der Waals surface area contributed by atoms with Gasteiger partial charge in [0.05, 0.1) is 23.2 Å². The van der Waals surface area contributed by atoms with E-state index in [9.17, 15) is 9.59 Å². The fraction of sp³-hybridized carbons (Fsp3) is 0.263. The molecule has 0 aliphatic rings. The first-order chi connectivity index (χ1) is 12.6. The average Bonchev–Trinajstić information content (AvgIpc) is 2.63. The molecule has 0 heterocycles. The van der Waals surface area contributed by atoms with Gasteiger partial charge in [0, 0.05) is 7.11 Å². The lowest BCUT2D eigenvalue weighted by Gasteiger charge is -2.11. The van der Waals surface area contributed by atoms with E-state index in [0.29, 0.717) is 29.0 Å². The van der Waals surface area contributed by atoms with E-state index >= 15 is 0 Å². The number of carbonyl (C=O) groups excluding carboxylic acids is 2. The second-order valence-corrected chi connectivity index (χ2v) is 5.95. The Kier molecular flexibility index (Phi) is 7.62. The third-order valence-corrected chi connectivity index (χ3v) is 3.92. The molecule has 6 nitrogen and oxygen atoms in total. The summed E-state index contributed by atoms with van der Waals surface area (Å²) in [5, 5.41) is 0. The number of hydrogen-bond donors (Lipinski definition) is 0. The van der Waals surface area contributed by atoms with Gasteiger partial charge in [-0.05, 0) is 53.2 Å². The fourth-order valence-electron chi connectivity index (χ4n) is 2.07. The van der Waals surface area contributed by atoms with Crippen LogP contribution < -0.4 is 9.47 Å². The molecule has 0 bridgehead atoms. The van der Waals surface area contributed by atoms with Crippen molar-refractivity contribution in [1.82, 2.24) is 0 Å². The summed E-state index contributed by atoms with van der Waals surface area (Å²) in [5.74, 6) is -0.400. The van der Waals surface area contributed by atoms with Crippen LogP contribution >= 0.6 is 15.9 Å². The van der Waals surface area contributed by atoms with Crippen LogP contribution in [-0.2, 0) is 9.47 Å². The molecule has 0 amide bonds. The molecule has 0 atom stereocenters. The second-order valence-electron chi connectivity index (χ2n) is 5.09. The molecule has 0 fully saturated rings. The first kappa shape index (κ1) is 19.9. The number of halogens is 1. The van der Waals surface area contributed by atoms with Crippen molar-refractivity contribution in [3.05, 3.63) is 58.1 Å². The van der Waals surface area contributed by atoms with Crippen LogP contribution in [0.2, 0.25) is 0 Å². The number of carbonyl (C=O) groups is 2. The summed E-state index contributed by atoms with van der Waals surface area (Å²) in [6, 6.07) is 11.3. The predicted molar refractivity (Wildman–Crippen MR) is 98.9 cm³/mol. The number of ether oxygens (including phenoxy) is 4. The van der Waals surface area contributed by atoms with Crippen LogP contribution in [0.25, 0.3) is 0 Å². The number of esters is 2. The number of rotatable bonds is 8. The Bertz CT molecular complexity index is 774. The molecular formula is C19H19BrO6. The molecule has 0 aliphatic heterocycles. The van der Waals surface area contributed by atoms with Crippen molar-refractivity contribution in [1.29, 1.82) is 0 Å². The SMILES string of the molecule is CCOC(=O)c1ccccc1OC(=O)c1ccc(OCCOC)c(Br)c1. The Morgan fingerprint density at radius 3 is 2.46 bits per heavy atom. The first-order valence-electron chi connectivity index (χ1n) is 7.96. The molecule has 2 rings (SSSR count). The van der Waals surface area contributed by atoms with Gasteiger partial charge in [-0.3, -0.25) is 0 Å². The minimum Gasteiger partial charge on any atom is -0.490 e. The summed E-state index contributed by atoms with van der Waals surface area (Å²) < 4.78 is 21.4. The monoisotopic (exact) mass is 422 g/mol. The van der Waals surface area contributed by atoms with E-state index in [4.69, 9.17) is 18.9 Å². The Morgan fingerprint density at radius 2 is 1.77 bits per heavy atom. The summed E-state index contributed by atoms with van der Waals surface area (Å²) in [5.41, 5.74) is 0.510. The highest BCUT2D eigenvalue weighted by Crippen LogP contribution is 2.27. The van der Waals surface area contributed by atoms with E-state index < -0.39 is 11.9 Å². The summed E-state index contributed by atoms with van der Waals surface area (Å²) in [4.78, 5) is 24.4. The standard InChI is InChI=1S/C19H19BrO6/c1-3-24-19(22)14-6-4-5-7-16(14)26-18(21)13-8-9-17(15(20)12-13)25-11-10-23-2/h4-9,12H,3,10-11H2,1-2H3. The van der Waals surface area contributed by atoms with Crippen molar-refractivity contribution in [3.63, 3.8) is 0 Å². The number of hydrogen-bond acceptors (Lipinski definition) is 6. The van der Waals surface area contributed by atoms with Crippen LogP contribution in [0.5, 0.6) is 11.5 Å². The zero-order chi connectivity index (χ0) is 18.9. The number of para-hydroxylation sites is 1. The van der Waals surface area contributed by atoms with E-state index in [1.165, 1.54) is 0 Å². The fourth-order valence-corrected chi connectivity index (χ4v) is 2.56. The van der Waals surface area contributed by atoms with E-state index in [0.717, 1.165) is 0 Å². The molecular weight excluding hydrogens is 404 g/mol. The minimum atomic E-state index is -0.592. The molecule has 0 radical (unpaired) electrons. The molecule has 0 saturated carbocycles. The molecule has 2 aromatic carbocycles. The van der Waals surface area contributed by atoms with Crippen LogP contribution in [0.15, 0.2) is 46.9 Å². The quantitative estimate of drug-likeness (QED) is 0.365. The summed E-state index contributed by atoms with van der Waals surface area (Å²) >= 11 is 3.36. The summed E-state index contributed by atoms with van der Waals surface area (Å²) in [6.45, 7) is 2.80. The Balaban J connectivity index is 2.13. The van der Waals surface area contributed by atoms with Crippen LogP contribution in [0, 0.1) is 0 Å². The highest BCUT2D eigenvalue weighted by atomic mass is 79.9. The average molecular weight is 423 g/mol. The van der Waals surface area contributed by atoms with E-state index in [2.05, 4.69) is 15.9 Å². The Hall–Kier alpha value is -2.38. The molecule has 0 spiro atoms. The van der Waals surface area contributed by atoms with Gasteiger partial charge in [0.15, 0.2) is 0 Å². The molecule has 2 aromatic rings. The van der Waals surface area contributed by atoms with Crippen molar-refractivity contribution in [3.8, 4) is 11.5 Å². The number of methoxy groups -OCH3 is 1. The predicted octanol–water partition coefficient (Wildman–Crippen LogP) is 3.87. The highest BCUT2D eigenvalue weighted by Gasteiger charge is 2.17. The van der Waals surface area contributed by atoms with Crippen LogP contribution in [0.3, 0.4) is 0 Å². The maximum Gasteiger partial charge on any atom is 0.343 e. The lowest BCUT2D eigenvalue weighted by Crippen LogP contribution is -2.13. The van der Waals surface area contributed by atoms with Gasteiger partial charge in [-0.1, -0.05) is 12.1 Å².